The first-order chi connectivity index (χ1) is 6.57. The van der Waals surface area contributed by atoms with Crippen LogP contribution in [0.2, 0.25) is 0 Å². The molecule has 0 aliphatic heterocycles. The molecule has 0 aliphatic rings. The van der Waals surface area contributed by atoms with Crippen LogP contribution < -0.4 is 5.73 Å². The van der Waals surface area contributed by atoms with Gasteiger partial charge in [-0.15, -0.1) is 0 Å². The van der Waals surface area contributed by atoms with Gasteiger partial charge in [-0.2, -0.15) is 0 Å². The molecule has 14 heavy (non-hydrogen) atoms. The first kappa shape index (κ1) is 10.8. The van der Waals surface area contributed by atoms with Gasteiger partial charge < -0.3 is 5.73 Å². The third-order valence-corrected chi connectivity index (χ3v) is 1.99. The fourth-order valence-electron chi connectivity index (χ4n) is 1.10. The molecule has 0 heterocycles. The SMILES string of the molecule is CCC(N)C(=O)c1c(F)cccc1F. The Morgan fingerprint density at radius 3 is 2.36 bits per heavy atom. The van der Waals surface area contributed by atoms with Gasteiger partial charge in [0.15, 0.2) is 5.78 Å². The van der Waals surface area contributed by atoms with Crippen LogP contribution in [-0.2, 0) is 0 Å². The van der Waals surface area contributed by atoms with Crippen LogP contribution in [0.25, 0.3) is 0 Å². The second-order valence-electron chi connectivity index (χ2n) is 2.98. The van der Waals surface area contributed by atoms with E-state index in [2.05, 4.69) is 0 Å². The van der Waals surface area contributed by atoms with E-state index in [0.717, 1.165) is 12.1 Å². The molecule has 2 N–H and O–H groups in total. The maximum atomic E-state index is 13.1. The molecule has 0 bridgehead atoms. The Balaban J connectivity index is 3.12. The molecule has 0 radical (unpaired) electrons. The first-order valence-corrected chi connectivity index (χ1v) is 4.31. The molecule has 1 aromatic carbocycles. The lowest BCUT2D eigenvalue weighted by atomic mass is 10.0. The van der Waals surface area contributed by atoms with Crippen LogP contribution in [0.4, 0.5) is 8.78 Å². The summed E-state index contributed by atoms with van der Waals surface area (Å²) in [6.45, 7) is 1.68. The van der Waals surface area contributed by atoms with Gasteiger partial charge in [0.1, 0.15) is 11.6 Å². The zero-order chi connectivity index (χ0) is 10.7. The Bertz CT molecular complexity index is 332. The van der Waals surface area contributed by atoms with Gasteiger partial charge in [-0.05, 0) is 18.6 Å². The summed E-state index contributed by atoms with van der Waals surface area (Å²) in [6.07, 6.45) is 0.354. The number of rotatable bonds is 3. The van der Waals surface area contributed by atoms with Crippen LogP contribution in [0.5, 0.6) is 0 Å². The smallest absolute Gasteiger partial charge is 0.185 e. The standard InChI is InChI=1S/C10H11F2NO/c1-2-8(13)10(14)9-6(11)4-3-5-7(9)12/h3-5,8H,2,13H2,1H3. The summed E-state index contributed by atoms with van der Waals surface area (Å²) in [5.41, 5.74) is 4.86. The minimum Gasteiger partial charge on any atom is -0.321 e. The Kier molecular flexibility index (Phi) is 3.30. The summed E-state index contributed by atoms with van der Waals surface area (Å²) in [5.74, 6) is -2.42. The van der Waals surface area contributed by atoms with E-state index in [1.807, 2.05) is 0 Å². The summed E-state index contributed by atoms with van der Waals surface area (Å²) in [6, 6.07) is 2.44. The topological polar surface area (TPSA) is 43.1 Å². The number of nitrogens with two attached hydrogens (primary N) is 1. The molecule has 0 saturated carbocycles. The maximum absolute atomic E-state index is 13.1. The summed E-state index contributed by atoms with van der Waals surface area (Å²) in [5, 5.41) is 0. The molecule has 1 atom stereocenters. The maximum Gasteiger partial charge on any atom is 0.185 e. The highest BCUT2D eigenvalue weighted by Gasteiger charge is 2.21. The van der Waals surface area contributed by atoms with E-state index in [1.54, 1.807) is 6.92 Å². The largest absolute Gasteiger partial charge is 0.321 e. The number of carbonyl (C=O) groups excluding carboxylic acids is 1. The lowest BCUT2D eigenvalue weighted by molar-refractivity contribution is 0.0951. The zero-order valence-corrected chi connectivity index (χ0v) is 7.76. The summed E-state index contributed by atoms with van der Waals surface area (Å²) in [4.78, 5) is 11.4. The molecule has 1 unspecified atom stereocenters. The van der Waals surface area contributed by atoms with Crippen molar-refractivity contribution in [2.45, 2.75) is 19.4 Å². The Morgan fingerprint density at radius 2 is 1.93 bits per heavy atom. The molecule has 1 rings (SSSR count). The quantitative estimate of drug-likeness (QED) is 0.755. The van der Waals surface area contributed by atoms with Crippen molar-refractivity contribution in [1.29, 1.82) is 0 Å². The molecule has 0 saturated heterocycles. The third-order valence-electron chi connectivity index (χ3n) is 1.99. The van der Waals surface area contributed by atoms with Crippen LogP contribution in [0, 0.1) is 11.6 Å². The van der Waals surface area contributed by atoms with Crippen LogP contribution in [0.1, 0.15) is 23.7 Å². The molecule has 0 aromatic heterocycles. The predicted molar refractivity (Wildman–Crippen MR) is 49.0 cm³/mol. The van der Waals surface area contributed by atoms with E-state index < -0.39 is 29.0 Å². The minimum atomic E-state index is -0.862. The van der Waals surface area contributed by atoms with Crippen molar-refractivity contribution in [3.63, 3.8) is 0 Å². The lowest BCUT2D eigenvalue weighted by Gasteiger charge is -2.08. The monoisotopic (exact) mass is 199 g/mol. The molecule has 76 valence electrons. The van der Waals surface area contributed by atoms with Crippen molar-refractivity contribution >= 4 is 5.78 Å². The lowest BCUT2D eigenvalue weighted by Crippen LogP contribution is -2.31. The van der Waals surface area contributed by atoms with E-state index in [0.29, 0.717) is 6.42 Å². The number of hydrogen-bond acceptors (Lipinski definition) is 2. The third kappa shape index (κ3) is 1.96. The average Bonchev–Trinajstić information content (AvgIpc) is 2.16. The number of Topliss-reactive ketones (excluding diaryl/α,β-unsaturated/α-hetero) is 1. The Hall–Kier alpha value is -1.29. The van der Waals surface area contributed by atoms with Crippen LogP contribution in [0.15, 0.2) is 18.2 Å². The van der Waals surface area contributed by atoms with Crippen molar-refractivity contribution in [3.8, 4) is 0 Å². The Labute approximate surface area is 80.7 Å². The summed E-state index contributed by atoms with van der Waals surface area (Å²) in [7, 11) is 0. The van der Waals surface area contributed by atoms with Gasteiger partial charge in [-0.1, -0.05) is 13.0 Å². The van der Waals surface area contributed by atoms with E-state index in [-0.39, 0.29) is 0 Å². The number of benzene rings is 1. The fourth-order valence-corrected chi connectivity index (χ4v) is 1.10. The normalized spacial score (nSPS) is 12.6. The van der Waals surface area contributed by atoms with E-state index in [1.165, 1.54) is 6.07 Å². The van der Waals surface area contributed by atoms with Crippen molar-refractivity contribution < 1.29 is 13.6 Å². The predicted octanol–water partition coefficient (Wildman–Crippen LogP) is 1.88. The summed E-state index contributed by atoms with van der Waals surface area (Å²) < 4.78 is 26.2. The second kappa shape index (κ2) is 4.28. The number of carbonyl (C=O) groups is 1. The van der Waals surface area contributed by atoms with Gasteiger partial charge in [0, 0.05) is 0 Å². The van der Waals surface area contributed by atoms with Crippen molar-refractivity contribution in [3.05, 3.63) is 35.4 Å². The van der Waals surface area contributed by atoms with Gasteiger partial charge in [-0.3, -0.25) is 4.79 Å². The first-order valence-electron chi connectivity index (χ1n) is 4.31. The highest BCUT2D eigenvalue weighted by molar-refractivity contribution is 6.00. The number of hydrogen-bond donors (Lipinski definition) is 1. The highest BCUT2D eigenvalue weighted by Crippen LogP contribution is 2.14. The molecule has 2 nitrogen and oxygen atoms in total. The van der Waals surface area contributed by atoms with E-state index in [9.17, 15) is 13.6 Å². The van der Waals surface area contributed by atoms with E-state index in [4.69, 9.17) is 5.73 Å². The van der Waals surface area contributed by atoms with Crippen molar-refractivity contribution in [2.24, 2.45) is 5.73 Å². The summed E-state index contributed by atoms with van der Waals surface area (Å²) >= 11 is 0. The van der Waals surface area contributed by atoms with E-state index >= 15 is 0 Å². The fraction of sp³-hybridized carbons (Fsp3) is 0.300. The molecule has 0 aliphatic carbocycles. The average molecular weight is 199 g/mol. The molecule has 0 amide bonds. The van der Waals surface area contributed by atoms with Gasteiger partial charge in [0.2, 0.25) is 0 Å². The molecular weight excluding hydrogens is 188 g/mol. The zero-order valence-electron chi connectivity index (χ0n) is 7.76. The molecule has 4 heteroatoms. The second-order valence-corrected chi connectivity index (χ2v) is 2.98. The van der Waals surface area contributed by atoms with Crippen LogP contribution >= 0.6 is 0 Å². The van der Waals surface area contributed by atoms with Crippen molar-refractivity contribution in [2.75, 3.05) is 0 Å². The number of halogens is 2. The van der Waals surface area contributed by atoms with Gasteiger partial charge >= 0.3 is 0 Å². The minimum absolute atomic E-state index is 0.354. The number of ketones is 1. The van der Waals surface area contributed by atoms with Crippen LogP contribution in [0.3, 0.4) is 0 Å². The molecule has 1 aromatic rings. The highest BCUT2D eigenvalue weighted by atomic mass is 19.1. The molecular formula is C10H11F2NO. The van der Waals surface area contributed by atoms with Gasteiger partial charge in [0.25, 0.3) is 0 Å². The van der Waals surface area contributed by atoms with Gasteiger partial charge in [0.05, 0.1) is 11.6 Å². The van der Waals surface area contributed by atoms with Gasteiger partial charge in [-0.25, -0.2) is 8.78 Å². The van der Waals surface area contributed by atoms with Crippen LogP contribution in [-0.4, -0.2) is 11.8 Å². The molecule has 0 fully saturated rings. The Morgan fingerprint density at radius 1 is 1.43 bits per heavy atom. The van der Waals surface area contributed by atoms with Crippen molar-refractivity contribution in [1.82, 2.24) is 0 Å². The molecule has 0 spiro atoms.